The van der Waals surface area contributed by atoms with Crippen molar-refractivity contribution in [3.63, 3.8) is 0 Å². The van der Waals surface area contributed by atoms with Gasteiger partial charge in [0.2, 0.25) is 10.0 Å². The lowest BCUT2D eigenvalue weighted by atomic mass is 9.92. The Balaban J connectivity index is 2.31. The molecule has 2 N–H and O–H groups in total. The summed E-state index contributed by atoms with van der Waals surface area (Å²) in [5, 5.41) is 0. The SMILES string of the molecule is CCCN(C1CCC(N)CC1)S(=O)(=O)c1ccccc1C. The molecule has 1 fully saturated rings. The van der Waals surface area contributed by atoms with Crippen LogP contribution in [0.3, 0.4) is 0 Å². The number of rotatable bonds is 5. The van der Waals surface area contributed by atoms with Crippen LogP contribution < -0.4 is 5.73 Å². The van der Waals surface area contributed by atoms with Crippen LogP contribution in [0, 0.1) is 6.92 Å². The molecule has 0 bridgehead atoms. The zero-order valence-corrected chi connectivity index (χ0v) is 13.8. The maximum Gasteiger partial charge on any atom is 0.243 e. The molecule has 0 spiro atoms. The third-order valence-corrected chi connectivity index (χ3v) is 6.38. The van der Waals surface area contributed by atoms with Gasteiger partial charge in [0.15, 0.2) is 0 Å². The number of benzene rings is 1. The Bertz CT molecular complexity index is 563. The molecular formula is C16H26N2O2S. The summed E-state index contributed by atoms with van der Waals surface area (Å²) in [5.74, 6) is 0. The van der Waals surface area contributed by atoms with E-state index in [1.165, 1.54) is 0 Å². The molecule has 0 atom stereocenters. The fraction of sp³-hybridized carbons (Fsp3) is 0.625. The maximum atomic E-state index is 13.0. The highest BCUT2D eigenvalue weighted by molar-refractivity contribution is 7.89. The summed E-state index contributed by atoms with van der Waals surface area (Å²) >= 11 is 0. The molecule has 0 unspecified atom stereocenters. The van der Waals surface area contributed by atoms with E-state index in [0.717, 1.165) is 37.7 Å². The number of nitrogens with zero attached hydrogens (tertiary/aromatic N) is 1. The third kappa shape index (κ3) is 3.65. The molecule has 0 aromatic heterocycles. The smallest absolute Gasteiger partial charge is 0.243 e. The van der Waals surface area contributed by atoms with Gasteiger partial charge in [-0.3, -0.25) is 0 Å². The van der Waals surface area contributed by atoms with Crippen molar-refractivity contribution in [3.8, 4) is 0 Å². The van der Waals surface area contributed by atoms with Gasteiger partial charge in [-0.1, -0.05) is 25.1 Å². The first-order chi connectivity index (χ1) is 9.96. The van der Waals surface area contributed by atoms with Crippen LogP contribution in [0.4, 0.5) is 0 Å². The fourth-order valence-electron chi connectivity index (χ4n) is 3.08. The minimum absolute atomic E-state index is 0.0920. The summed E-state index contributed by atoms with van der Waals surface area (Å²) in [6.45, 7) is 4.46. The van der Waals surface area contributed by atoms with Gasteiger partial charge >= 0.3 is 0 Å². The minimum atomic E-state index is -3.42. The molecular weight excluding hydrogens is 284 g/mol. The molecule has 1 aromatic rings. The summed E-state index contributed by atoms with van der Waals surface area (Å²) < 4.78 is 27.7. The predicted octanol–water partition coefficient (Wildman–Crippen LogP) is 2.67. The van der Waals surface area contributed by atoms with Crippen molar-refractivity contribution in [3.05, 3.63) is 29.8 Å². The molecule has 2 rings (SSSR count). The Morgan fingerprint density at radius 2 is 1.81 bits per heavy atom. The lowest BCUT2D eigenvalue weighted by Gasteiger charge is -2.35. The van der Waals surface area contributed by atoms with Gasteiger partial charge in [0.1, 0.15) is 0 Å². The highest BCUT2D eigenvalue weighted by atomic mass is 32.2. The van der Waals surface area contributed by atoms with Gasteiger partial charge < -0.3 is 5.73 Å². The molecule has 1 aliphatic rings. The second kappa shape index (κ2) is 6.90. The zero-order valence-electron chi connectivity index (χ0n) is 13.0. The number of hydrogen-bond donors (Lipinski definition) is 1. The largest absolute Gasteiger partial charge is 0.328 e. The van der Waals surface area contributed by atoms with Crippen molar-refractivity contribution < 1.29 is 8.42 Å². The first-order valence-electron chi connectivity index (χ1n) is 7.80. The van der Waals surface area contributed by atoms with Crippen molar-refractivity contribution in [2.75, 3.05) is 6.54 Å². The summed E-state index contributed by atoms with van der Waals surface area (Å²) in [7, 11) is -3.42. The van der Waals surface area contributed by atoms with Gasteiger partial charge in [0.05, 0.1) is 4.90 Å². The molecule has 4 nitrogen and oxygen atoms in total. The summed E-state index contributed by atoms with van der Waals surface area (Å²) in [4.78, 5) is 0.438. The Labute approximate surface area is 128 Å². The highest BCUT2D eigenvalue weighted by Crippen LogP contribution is 2.28. The van der Waals surface area contributed by atoms with Crippen molar-refractivity contribution in [2.24, 2.45) is 5.73 Å². The monoisotopic (exact) mass is 310 g/mol. The van der Waals surface area contributed by atoms with E-state index in [2.05, 4.69) is 0 Å². The van der Waals surface area contributed by atoms with E-state index < -0.39 is 10.0 Å². The molecule has 0 radical (unpaired) electrons. The van der Waals surface area contributed by atoms with Crippen molar-refractivity contribution in [2.45, 2.75) is 62.9 Å². The van der Waals surface area contributed by atoms with E-state index in [1.54, 1.807) is 16.4 Å². The molecule has 1 aromatic carbocycles. The number of aryl methyl sites for hydroxylation is 1. The number of sulfonamides is 1. The van der Waals surface area contributed by atoms with Gasteiger partial charge in [-0.25, -0.2) is 8.42 Å². The maximum absolute atomic E-state index is 13.0. The summed E-state index contributed by atoms with van der Waals surface area (Å²) in [5.41, 5.74) is 6.76. The average Bonchev–Trinajstić information content (AvgIpc) is 2.46. The van der Waals surface area contributed by atoms with Crippen molar-refractivity contribution >= 4 is 10.0 Å². The van der Waals surface area contributed by atoms with Crippen LogP contribution in [-0.2, 0) is 10.0 Å². The number of hydrogen-bond acceptors (Lipinski definition) is 3. The average molecular weight is 310 g/mol. The van der Waals surface area contributed by atoms with E-state index in [1.807, 2.05) is 26.0 Å². The molecule has 5 heteroatoms. The number of nitrogens with two attached hydrogens (primary N) is 1. The predicted molar refractivity (Wildman–Crippen MR) is 85.6 cm³/mol. The molecule has 1 saturated carbocycles. The van der Waals surface area contributed by atoms with Crippen LogP contribution in [0.25, 0.3) is 0 Å². The summed E-state index contributed by atoms with van der Waals surface area (Å²) in [6, 6.07) is 7.55. The van der Waals surface area contributed by atoms with Gasteiger partial charge in [0, 0.05) is 18.6 Å². The van der Waals surface area contributed by atoms with Crippen molar-refractivity contribution in [1.29, 1.82) is 0 Å². The Hall–Kier alpha value is -0.910. The van der Waals surface area contributed by atoms with Crippen molar-refractivity contribution in [1.82, 2.24) is 4.31 Å². The zero-order chi connectivity index (χ0) is 15.5. The van der Waals surface area contributed by atoms with E-state index >= 15 is 0 Å². The van der Waals surface area contributed by atoms with Gasteiger partial charge in [-0.05, 0) is 50.7 Å². The van der Waals surface area contributed by atoms with Crippen LogP contribution in [-0.4, -0.2) is 31.4 Å². The Kier molecular flexibility index (Phi) is 5.41. The second-order valence-corrected chi connectivity index (χ2v) is 7.81. The Morgan fingerprint density at radius 3 is 2.38 bits per heavy atom. The van der Waals surface area contributed by atoms with Crippen LogP contribution in [0.2, 0.25) is 0 Å². The third-order valence-electron chi connectivity index (χ3n) is 4.27. The summed E-state index contributed by atoms with van der Waals surface area (Å²) in [6.07, 6.45) is 4.38. The van der Waals surface area contributed by atoms with Gasteiger partial charge in [-0.15, -0.1) is 0 Å². The van der Waals surface area contributed by atoms with Crippen LogP contribution in [0.1, 0.15) is 44.6 Å². The molecule has 0 aliphatic heterocycles. The lowest BCUT2D eigenvalue weighted by molar-refractivity contribution is 0.240. The normalized spacial score (nSPS) is 23.4. The highest BCUT2D eigenvalue weighted by Gasteiger charge is 2.33. The molecule has 21 heavy (non-hydrogen) atoms. The van der Waals surface area contributed by atoms with Crippen LogP contribution in [0.5, 0.6) is 0 Å². The molecule has 1 aliphatic carbocycles. The van der Waals surface area contributed by atoms with Crippen LogP contribution in [0.15, 0.2) is 29.2 Å². The van der Waals surface area contributed by atoms with E-state index in [9.17, 15) is 8.42 Å². The molecule has 0 saturated heterocycles. The minimum Gasteiger partial charge on any atom is -0.328 e. The van der Waals surface area contributed by atoms with E-state index in [4.69, 9.17) is 5.73 Å². The fourth-order valence-corrected chi connectivity index (χ4v) is 5.09. The van der Waals surface area contributed by atoms with Gasteiger partial charge in [0.25, 0.3) is 0 Å². The van der Waals surface area contributed by atoms with Gasteiger partial charge in [-0.2, -0.15) is 4.31 Å². The van der Waals surface area contributed by atoms with Crippen LogP contribution >= 0.6 is 0 Å². The molecule has 0 amide bonds. The molecule has 118 valence electrons. The molecule has 0 heterocycles. The van der Waals surface area contributed by atoms with E-state index in [-0.39, 0.29) is 12.1 Å². The topological polar surface area (TPSA) is 63.4 Å². The standard InChI is InChI=1S/C16H26N2O2S/c1-3-12-18(15-10-8-14(17)9-11-15)21(19,20)16-7-5-4-6-13(16)2/h4-7,14-15H,3,8-12,17H2,1-2H3. The van der Waals surface area contributed by atoms with E-state index in [0.29, 0.717) is 11.4 Å². The Morgan fingerprint density at radius 1 is 1.19 bits per heavy atom. The first-order valence-corrected chi connectivity index (χ1v) is 9.24. The lowest BCUT2D eigenvalue weighted by Crippen LogP contribution is -2.44. The second-order valence-electron chi connectivity index (χ2n) is 5.95. The first kappa shape index (κ1) is 16.5. The quantitative estimate of drug-likeness (QED) is 0.909.